The van der Waals surface area contributed by atoms with Crippen LogP contribution >= 0.6 is 0 Å². The molecule has 0 aliphatic heterocycles. The molecule has 1 fully saturated rings. The minimum atomic E-state index is -0.756. The minimum absolute atomic E-state index is 0.275. The SMILES string of the molecule is COC(=O)C(C)(COCCOCC(C)C)NC1CC1. The summed E-state index contributed by atoms with van der Waals surface area (Å²) in [5.74, 6) is 0.249. The van der Waals surface area contributed by atoms with Crippen LogP contribution in [0.4, 0.5) is 0 Å². The molecule has 0 radical (unpaired) electrons. The third-order valence-corrected chi connectivity index (χ3v) is 2.95. The van der Waals surface area contributed by atoms with Crippen molar-refractivity contribution in [3.63, 3.8) is 0 Å². The molecule has 1 N–H and O–H groups in total. The van der Waals surface area contributed by atoms with Crippen molar-refractivity contribution >= 4 is 5.97 Å². The van der Waals surface area contributed by atoms with Gasteiger partial charge in [-0.1, -0.05) is 13.8 Å². The highest BCUT2D eigenvalue weighted by Crippen LogP contribution is 2.23. The van der Waals surface area contributed by atoms with Gasteiger partial charge in [0.1, 0.15) is 5.54 Å². The number of carbonyl (C=O) groups excluding carboxylic acids is 1. The lowest BCUT2D eigenvalue weighted by Crippen LogP contribution is -2.54. The van der Waals surface area contributed by atoms with Crippen LogP contribution in [0.3, 0.4) is 0 Å². The van der Waals surface area contributed by atoms with E-state index in [0.717, 1.165) is 19.4 Å². The summed E-state index contributed by atoms with van der Waals surface area (Å²) < 4.78 is 15.8. The molecule has 1 rings (SSSR count). The molecule has 1 saturated carbocycles. The molecule has 19 heavy (non-hydrogen) atoms. The Labute approximate surface area is 116 Å². The van der Waals surface area contributed by atoms with Gasteiger partial charge in [0.05, 0.1) is 26.9 Å². The van der Waals surface area contributed by atoms with Crippen LogP contribution in [0.2, 0.25) is 0 Å². The lowest BCUT2D eigenvalue weighted by Gasteiger charge is -2.27. The Morgan fingerprint density at radius 2 is 1.95 bits per heavy atom. The summed E-state index contributed by atoms with van der Waals surface area (Å²) in [5, 5.41) is 3.29. The van der Waals surface area contributed by atoms with Crippen molar-refractivity contribution in [2.45, 2.75) is 45.2 Å². The van der Waals surface area contributed by atoms with Crippen molar-refractivity contribution in [2.75, 3.05) is 33.5 Å². The zero-order chi connectivity index (χ0) is 14.3. The van der Waals surface area contributed by atoms with E-state index < -0.39 is 5.54 Å². The molecule has 0 bridgehead atoms. The van der Waals surface area contributed by atoms with Crippen molar-refractivity contribution in [3.05, 3.63) is 0 Å². The maximum Gasteiger partial charge on any atom is 0.328 e. The first-order chi connectivity index (χ1) is 8.98. The van der Waals surface area contributed by atoms with E-state index >= 15 is 0 Å². The topological polar surface area (TPSA) is 56.8 Å². The molecule has 112 valence electrons. The zero-order valence-electron chi connectivity index (χ0n) is 12.5. The van der Waals surface area contributed by atoms with E-state index in [1.54, 1.807) is 0 Å². The molecule has 0 aromatic carbocycles. The number of hydrogen-bond donors (Lipinski definition) is 1. The molecule has 0 saturated heterocycles. The maximum atomic E-state index is 11.8. The number of esters is 1. The third-order valence-electron chi connectivity index (χ3n) is 2.95. The highest BCUT2D eigenvalue weighted by molar-refractivity contribution is 5.80. The largest absolute Gasteiger partial charge is 0.468 e. The summed E-state index contributed by atoms with van der Waals surface area (Å²) in [6.45, 7) is 8.12. The molecule has 0 aromatic rings. The van der Waals surface area contributed by atoms with E-state index in [0.29, 0.717) is 31.8 Å². The molecule has 0 heterocycles. The molecule has 0 spiro atoms. The van der Waals surface area contributed by atoms with Gasteiger partial charge in [0.15, 0.2) is 0 Å². The van der Waals surface area contributed by atoms with Gasteiger partial charge in [-0.15, -0.1) is 0 Å². The Balaban J connectivity index is 2.22. The van der Waals surface area contributed by atoms with Crippen LogP contribution in [0, 0.1) is 5.92 Å². The van der Waals surface area contributed by atoms with E-state index in [4.69, 9.17) is 14.2 Å². The summed E-state index contributed by atoms with van der Waals surface area (Å²) in [4.78, 5) is 11.8. The van der Waals surface area contributed by atoms with Gasteiger partial charge in [-0.05, 0) is 25.7 Å². The van der Waals surface area contributed by atoms with Crippen molar-refractivity contribution in [1.82, 2.24) is 5.32 Å². The second-order valence-corrected chi connectivity index (χ2v) is 5.76. The molecule has 0 aromatic heterocycles. The fourth-order valence-electron chi connectivity index (χ4n) is 1.78. The van der Waals surface area contributed by atoms with Crippen LogP contribution < -0.4 is 5.32 Å². The van der Waals surface area contributed by atoms with Gasteiger partial charge in [-0.3, -0.25) is 5.32 Å². The van der Waals surface area contributed by atoms with Gasteiger partial charge in [-0.25, -0.2) is 4.79 Å². The summed E-state index contributed by atoms with van der Waals surface area (Å²) >= 11 is 0. The van der Waals surface area contributed by atoms with Gasteiger partial charge in [0.2, 0.25) is 0 Å². The number of nitrogens with one attached hydrogen (secondary N) is 1. The molecule has 5 heteroatoms. The Morgan fingerprint density at radius 1 is 1.32 bits per heavy atom. The second kappa shape index (κ2) is 7.82. The van der Waals surface area contributed by atoms with Crippen molar-refractivity contribution in [3.8, 4) is 0 Å². The molecular weight excluding hydrogens is 246 g/mol. The average molecular weight is 273 g/mol. The minimum Gasteiger partial charge on any atom is -0.468 e. The van der Waals surface area contributed by atoms with Crippen molar-refractivity contribution in [2.24, 2.45) is 5.92 Å². The number of ether oxygens (including phenoxy) is 3. The van der Waals surface area contributed by atoms with Crippen LogP contribution in [0.5, 0.6) is 0 Å². The van der Waals surface area contributed by atoms with Gasteiger partial charge < -0.3 is 14.2 Å². The Morgan fingerprint density at radius 3 is 2.47 bits per heavy atom. The van der Waals surface area contributed by atoms with Gasteiger partial charge in [-0.2, -0.15) is 0 Å². The van der Waals surface area contributed by atoms with E-state index in [1.807, 2.05) is 6.92 Å². The van der Waals surface area contributed by atoms with Crippen LogP contribution in [0.15, 0.2) is 0 Å². The van der Waals surface area contributed by atoms with Crippen LogP contribution in [-0.2, 0) is 19.0 Å². The van der Waals surface area contributed by atoms with Crippen LogP contribution in [-0.4, -0.2) is 51.1 Å². The zero-order valence-corrected chi connectivity index (χ0v) is 12.5. The van der Waals surface area contributed by atoms with Crippen LogP contribution in [0.1, 0.15) is 33.6 Å². The maximum absolute atomic E-state index is 11.8. The highest BCUT2D eigenvalue weighted by atomic mass is 16.5. The second-order valence-electron chi connectivity index (χ2n) is 5.76. The Kier molecular flexibility index (Phi) is 6.75. The first kappa shape index (κ1) is 16.4. The highest BCUT2D eigenvalue weighted by Gasteiger charge is 2.39. The molecule has 1 aliphatic carbocycles. The van der Waals surface area contributed by atoms with E-state index in [9.17, 15) is 4.79 Å². The van der Waals surface area contributed by atoms with Gasteiger partial charge in [0, 0.05) is 12.6 Å². The van der Waals surface area contributed by atoms with E-state index in [2.05, 4.69) is 19.2 Å². The first-order valence-electron chi connectivity index (χ1n) is 6.99. The number of rotatable bonds is 10. The van der Waals surface area contributed by atoms with Gasteiger partial charge in [0.25, 0.3) is 0 Å². The monoisotopic (exact) mass is 273 g/mol. The molecule has 1 unspecified atom stereocenters. The Hall–Kier alpha value is -0.650. The third kappa shape index (κ3) is 6.36. The van der Waals surface area contributed by atoms with E-state index in [1.165, 1.54) is 7.11 Å². The van der Waals surface area contributed by atoms with Crippen molar-refractivity contribution < 1.29 is 19.0 Å². The molecule has 5 nitrogen and oxygen atoms in total. The summed E-state index contributed by atoms with van der Waals surface area (Å²) in [6.07, 6.45) is 2.23. The molecule has 1 atom stereocenters. The lowest BCUT2D eigenvalue weighted by atomic mass is 10.0. The van der Waals surface area contributed by atoms with Crippen molar-refractivity contribution in [1.29, 1.82) is 0 Å². The van der Waals surface area contributed by atoms with Gasteiger partial charge >= 0.3 is 5.97 Å². The fraction of sp³-hybridized carbons (Fsp3) is 0.929. The molecule has 0 amide bonds. The first-order valence-corrected chi connectivity index (χ1v) is 6.99. The summed E-state index contributed by atoms with van der Waals surface area (Å²) in [5.41, 5.74) is -0.756. The predicted molar refractivity (Wildman–Crippen MR) is 73.1 cm³/mol. The predicted octanol–water partition coefficient (Wildman–Crippen LogP) is 1.36. The summed E-state index contributed by atoms with van der Waals surface area (Å²) in [7, 11) is 1.40. The quantitative estimate of drug-likeness (QED) is 0.481. The number of carbonyl (C=O) groups is 1. The van der Waals surface area contributed by atoms with E-state index in [-0.39, 0.29) is 5.97 Å². The lowest BCUT2D eigenvalue weighted by molar-refractivity contribution is -0.151. The number of hydrogen-bond acceptors (Lipinski definition) is 5. The van der Waals surface area contributed by atoms with Crippen LogP contribution in [0.25, 0.3) is 0 Å². The summed E-state index contributed by atoms with van der Waals surface area (Å²) in [6, 6.07) is 0.421. The number of methoxy groups -OCH3 is 1. The average Bonchev–Trinajstić information content (AvgIpc) is 3.15. The normalized spacial score (nSPS) is 18.4. The smallest absolute Gasteiger partial charge is 0.328 e. The molecule has 1 aliphatic rings. The molecular formula is C14H27NO4. The standard InChI is InChI=1S/C14H27NO4/c1-11(2)9-18-7-8-19-10-14(3,13(16)17-4)15-12-5-6-12/h11-12,15H,5-10H2,1-4H3. The Bertz CT molecular complexity index is 279. The fourth-order valence-corrected chi connectivity index (χ4v) is 1.78.